The summed E-state index contributed by atoms with van der Waals surface area (Å²) in [7, 11) is 0. The highest BCUT2D eigenvalue weighted by atomic mass is 16.3. The van der Waals surface area contributed by atoms with Crippen LogP contribution in [-0.4, -0.2) is 27.7 Å². The molecule has 3 aromatic rings. The van der Waals surface area contributed by atoms with Crippen LogP contribution in [-0.2, 0) is 11.8 Å². The normalized spacial score (nSPS) is 29.9. The van der Waals surface area contributed by atoms with Crippen LogP contribution in [0.2, 0.25) is 0 Å². The first-order chi connectivity index (χ1) is 13.3. The minimum absolute atomic E-state index is 0.207. The Labute approximate surface area is 159 Å². The molecule has 0 spiro atoms. The van der Waals surface area contributed by atoms with Crippen molar-refractivity contribution in [3.05, 3.63) is 41.5 Å². The third-order valence-corrected chi connectivity index (χ3v) is 7.46. The van der Waals surface area contributed by atoms with Crippen LogP contribution in [0.25, 0.3) is 22.1 Å². The highest BCUT2D eigenvalue weighted by molar-refractivity contribution is 5.92. The highest BCUT2D eigenvalue weighted by Gasteiger charge is 2.51. The number of aromatic nitrogens is 2. The van der Waals surface area contributed by atoms with Gasteiger partial charge >= 0.3 is 0 Å². The van der Waals surface area contributed by atoms with E-state index in [9.17, 15) is 5.11 Å². The van der Waals surface area contributed by atoms with Gasteiger partial charge in [-0.1, -0.05) is 25.0 Å². The molecule has 2 N–H and O–H groups in total. The van der Waals surface area contributed by atoms with E-state index in [-0.39, 0.29) is 5.41 Å². The van der Waals surface area contributed by atoms with Gasteiger partial charge in [0.25, 0.3) is 0 Å². The smallest absolute Gasteiger partial charge is 0.143 e. The van der Waals surface area contributed by atoms with Crippen molar-refractivity contribution in [2.45, 2.75) is 56.4 Å². The van der Waals surface area contributed by atoms with E-state index >= 15 is 0 Å². The molecule has 1 saturated heterocycles. The van der Waals surface area contributed by atoms with Crippen LogP contribution in [0.15, 0.2) is 30.3 Å². The molecule has 2 fully saturated rings. The van der Waals surface area contributed by atoms with Crippen LogP contribution in [0.3, 0.4) is 0 Å². The first-order valence-electron chi connectivity index (χ1n) is 10.4. The first kappa shape index (κ1) is 15.8. The van der Waals surface area contributed by atoms with Crippen molar-refractivity contribution in [2.24, 2.45) is 5.92 Å². The molecule has 1 saturated carbocycles. The summed E-state index contributed by atoms with van der Waals surface area (Å²) in [5.74, 6) is 0.989. The van der Waals surface area contributed by atoms with Crippen molar-refractivity contribution in [3.8, 4) is 5.75 Å². The van der Waals surface area contributed by atoms with Crippen molar-refractivity contribution in [1.82, 2.24) is 15.3 Å². The summed E-state index contributed by atoms with van der Waals surface area (Å²) in [4.78, 5) is 9.77. The molecule has 0 radical (unpaired) electrons. The maximum Gasteiger partial charge on any atom is 0.143 e. The topological polar surface area (TPSA) is 58.0 Å². The Morgan fingerprint density at radius 1 is 1.00 bits per heavy atom. The maximum atomic E-state index is 10.9. The van der Waals surface area contributed by atoms with E-state index in [0.29, 0.717) is 23.2 Å². The van der Waals surface area contributed by atoms with Crippen LogP contribution in [0, 0.1) is 5.92 Å². The van der Waals surface area contributed by atoms with Gasteiger partial charge in [-0.2, -0.15) is 0 Å². The lowest BCUT2D eigenvalue weighted by atomic mass is 9.54. The minimum atomic E-state index is 0.207. The van der Waals surface area contributed by atoms with Crippen LogP contribution >= 0.6 is 0 Å². The fraction of sp³-hybridized carbons (Fsp3) is 0.478. The summed E-state index contributed by atoms with van der Waals surface area (Å²) in [6.07, 6.45) is 8.63. The zero-order chi connectivity index (χ0) is 18.0. The molecule has 2 aliphatic carbocycles. The van der Waals surface area contributed by atoms with Gasteiger partial charge in [-0.25, -0.2) is 9.97 Å². The van der Waals surface area contributed by atoms with Crippen LogP contribution in [0.4, 0.5) is 0 Å². The molecule has 3 atom stereocenters. The quantitative estimate of drug-likeness (QED) is 0.590. The summed E-state index contributed by atoms with van der Waals surface area (Å²) in [6, 6.07) is 10.6. The average molecular weight is 359 g/mol. The summed E-state index contributed by atoms with van der Waals surface area (Å²) < 4.78 is 0. The Kier molecular flexibility index (Phi) is 3.31. The zero-order valence-corrected chi connectivity index (χ0v) is 15.5. The second-order valence-corrected chi connectivity index (χ2v) is 8.71. The number of phenolic OH excluding ortho intramolecular Hbond substituents is 1. The van der Waals surface area contributed by atoms with Crippen LogP contribution in [0.1, 0.15) is 49.7 Å². The standard InChI is InChI=1S/C23H25N3O/c27-20-13-16-14(21-22(20)26-18-8-2-1-7-17(18)25-21)12-19-15-6-3-4-9-23(15,16)10-5-11-24-19/h1-2,7-8,13,15,19,24,27H,3-6,9-12H2/t15?,19-,23-/m0/s1. The molecular weight excluding hydrogens is 334 g/mol. The number of benzene rings is 2. The van der Waals surface area contributed by atoms with Crippen molar-refractivity contribution in [3.63, 3.8) is 0 Å². The number of phenols is 1. The summed E-state index contributed by atoms with van der Waals surface area (Å²) in [5, 5.41) is 14.8. The molecule has 138 valence electrons. The molecule has 2 bridgehead atoms. The Balaban J connectivity index is 1.69. The van der Waals surface area contributed by atoms with Crippen molar-refractivity contribution >= 4 is 22.1 Å². The van der Waals surface area contributed by atoms with Gasteiger partial charge in [0.05, 0.1) is 16.6 Å². The third-order valence-electron chi connectivity index (χ3n) is 7.46. The molecule has 0 amide bonds. The number of hydrogen-bond acceptors (Lipinski definition) is 4. The summed E-state index contributed by atoms with van der Waals surface area (Å²) in [5.41, 5.74) is 6.26. The van der Waals surface area contributed by atoms with Gasteiger partial charge in [-0.3, -0.25) is 0 Å². The van der Waals surface area contributed by atoms with Crippen LogP contribution in [0.5, 0.6) is 5.75 Å². The van der Waals surface area contributed by atoms with E-state index in [2.05, 4.69) is 11.4 Å². The molecule has 2 aromatic carbocycles. The lowest BCUT2D eigenvalue weighted by molar-refractivity contribution is 0.131. The highest BCUT2D eigenvalue weighted by Crippen LogP contribution is 2.55. The molecule has 3 aliphatic rings. The third kappa shape index (κ3) is 2.13. The van der Waals surface area contributed by atoms with E-state index in [4.69, 9.17) is 9.97 Å². The van der Waals surface area contributed by atoms with Crippen molar-refractivity contribution in [1.29, 1.82) is 0 Å². The lowest BCUT2D eigenvalue weighted by Gasteiger charge is -2.51. The number of para-hydroxylation sites is 2. The fourth-order valence-corrected chi connectivity index (χ4v) is 6.36. The van der Waals surface area contributed by atoms with Crippen LogP contribution < -0.4 is 5.32 Å². The van der Waals surface area contributed by atoms with Crippen molar-refractivity contribution < 1.29 is 5.11 Å². The maximum absolute atomic E-state index is 10.9. The van der Waals surface area contributed by atoms with E-state index < -0.39 is 0 Å². The number of aromatic hydroxyl groups is 1. The van der Waals surface area contributed by atoms with E-state index in [1.54, 1.807) is 0 Å². The molecule has 2 heterocycles. The number of nitrogens with one attached hydrogen (secondary N) is 1. The Hall–Kier alpha value is -2.20. The molecule has 4 nitrogen and oxygen atoms in total. The predicted molar refractivity (Wildman–Crippen MR) is 107 cm³/mol. The first-order valence-corrected chi connectivity index (χ1v) is 10.4. The predicted octanol–water partition coefficient (Wildman–Crippen LogP) is 4.22. The number of fused-ring (bicyclic) bond motifs is 4. The van der Waals surface area contributed by atoms with Gasteiger partial charge in [0, 0.05) is 11.5 Å². The van der Waals surface area contributed by atoms with Gasteiger partial charge in [0.2, 0.25) is 0 Å². The minimum Gasteiger partial charge on any atom is -0.506 e. The van der Waals surface area contributed by atoms with Gasteiger partial charge in [-0.15, -0.1) is 0 Å². The largest absolute Gasteiger partial charge is 0.506 e. The van der Waals surface area contributed by atoms with Gasteiger partial charge < -0.3 is 10.4 Å². The summed E-state index contributed by atoms with van der Waals surface area (Å²) in [6.45, 7) is 1.11. The monoisotopic (exact) mass is 359 g/mol. The number of rotatable bonds is 0. The second kappa shape index (κ2) is 5.65. The molecule has 1 aliphatic heterocycles. The van der Waals surface area contributed by atoms with Crippen molar-refractivity contribution in [2.75, 3.05) is 6.54 Å². The van der Waals surface area contributed by atoms with E-state index in [0.717, 1.165) is 29.5 Å². The number of hydrogen-bond donors (Lipinski definition) is 2. The Morgan fingerprint density at radius 2 is 1.78 bits per heavy atom. The number of nitrogens with zero attached hydrogens (tertiary/aromatic N) is 2. The zero-order valence-electron chi connectivity index (χ0n) is 15.5. The molecule has 4 heteroatoms. The Bertz CT molecular complexity index is 1060. The average Bonchev–Trinajstić information content (AvgIpc) is 2.85. The summed E-state index contributed by atoms with van der Waals surface area (Å²) >= 11 is 0. The van der Waals surface area contributed by atoms with E-state index in [1.165, 1.54) is 49.7 Å². The van der Waals surface area contributed by atoms with E-state index in [1.807, 2.05) is 24.3 Å². The van der Waals surface area contributed by atoms with Gasteiger partial charge in [-0.05, 0) is 73.9 Å². The Morgan fingerprint density at radius 3 is 2.63 bits per heavy atom. The molecule has 1 unspecified atom stereocenters. The second-order valence-electron chi connectivity index (χ2n) is 8.71. The fourth-order valence-electron chi connectivity index (χ4n) is 6.36. The molecule has 27 heavy (non-hydrogen) atoms. The SMILES string of the molecule is Oc1cc2c(c3nc4ccccc4nc13)C[C@@H]1NCCC[C@]23CCCCC13. The van der Waals surface area contributed by atoms with Gasteiger partial charge in [0.1, 0.15) is 11.3 Å². The molecule has 6 rings (SSSR count). The lowest BCUT2D eigenvalue weighted by Crippen LogP contribution is -2.52. The molecular formula is C23H25N3O. The van der Waals surface area contributed by atoms with Gasteiger partial charge in [0.15, 0.2) is 0 Å². The molecule has 1 aromatic heterocycles.